The largest absolute Gasteiger partial charge is 0.456 e. The Morgan fingerprint density at radius 1 is 0.417 bits per heavy atom. The minimum Gasteiger partial charge on any atom is -0.456 e. The van der Waals surface area contributed by atoms with Gasteiger partial charge in [0, 0.05) is 39.4 Å². The molecular weight excluding hydrogens is 585 g/mol. The van der Waals surface area contributed by atoms with E-state index in [1.807, 2.05) is 0 Å². The quantitative estimate of drug-likeness (QED) is 0.198. The number of hydrogen-bond donors (Lipinski definition) is 0. The molecule has 7 aromatic carbocycles. The molecule has 10 rings (SSSR count). The number of aromatic nitrogens is 2. The van der Waals surface area contributed by atoms with Gasteiger partial charge in [-0.15, -0.1) is 0 Å². The number of furan rings is 1. The van der Waals surface area contributed by atoms with E-state index >= 15 is 0 Å². The summed E-state index contributed by atoms with van der Waals surface area (Å²) in [7, 11) is 0. The molecule has 3 heteroatoms. The fourth-order valence-corrected chi connectivity index (χ4v) is 7.42. The summed E-state index contributed by atoms with van der Waals surface area (Å²) in [6.45, 7) is 0. The van der Waals surface area contributed by atoms with Crippen LogP contribution in [0.2, 0.25) is 0 Å². The number of hydrogen-bond acceptors (Lipinski definition) is 3. The van der Waals surface area contributed by atoms with Gasteiger partial charge in [-0.25, -0.2) is 9.97 Å². The summed E-state index contributed by atoms with van der Waals surface area (Å²) >= 11 is 0. The monoisotopic (exact) mass is 612 g/mol. The zero-order valence-electron chi connectivity index (χ0n) is 26.0. The van der Waals surface area contributed by atoms with E-state index in [2.05, 4.69) is 158 Å². The maximum atomic E-state index is 6.60. The molecule has 0 bridgehead atoms. The molecular formula is C45H28N2O. The van der Waals surface area contributed by atoms with Crippen molar-refractivity contribution < 1.29 is 4.42 Å². The van der Waals surface area contributed by atoms with Gasteiger partial charge in [-0.3, -0.25) is 0 Å². The lowest BCUT2D eigenvalue weighted by molar-refractivity contribution is 0.669. The topological polar surface area (TPSA) is 38.9 Å². The van der Waals surface area contributed by atoms with Crippen LogP contribution in [0, 0.1) is 0 Å². The van der Waals surface area contributed by atoms with E-state index in [0.29, 0.717) is 5.82 Å². The van der Waals surface area contributed by atoms with Gasteiger partial charge in [-0.2, -0.15) is 0 Å². The lowest BCUT2D eigenvalue weighted by Gasteiger charge is -2.13. The van der Waals surface area contributed by atoms with Crippen LogP contribution >= 0.6 is 0 Å². The lowest BCUT2D eigenvalue weighted by atomic mass is 9.96. The maximum absolute atomic E-state index is 6.60. The van der Waals surface area contributed by atoms with Crippen molar-refractivity contribution in [2.45, 2.75) is 6.42 Å². The Morgan fingerprint density at radius 2 is 1.02 bits per heavy atom. The van der Waals surface area contributed by atoms with E-state index in [-0.39, 0.29) is 0 Å². The van der Waals surface area contributed by atoms with Gasteiger partial charge in [-0.05, 0) is 56.8 Å². The molecule has 0 saturated carbocycles. The summed E-state index contributed by atoms with van der Waals surface area (Å²) in [6.07, 6.45) is 0.830. The van der Waals surface area contributed by atoms with E-state index in [4.69, 9.17) is 14.4 Å². The average Bonchev–Trinajstić information content (AvgIpc) is 3.73. The highest BCUT2D eigenvalue weighted by Crippen LogP contribution is 2.44. The molecule has 48 heavy (non-hydrogen) atoms. The molecule has 0 spiro atoms. The third-order valence-corrected chi connectivity index (χ3v) is 9.74. The van der Waals surface area contributed by atoms with Crippen LogP contribution in [-0.2, 0) is 6.42 Å². The summed E-state index contributed by atoms with van der Waals surface area (Å²) in [5.74, 6) is 0.710. The molecule has 0 unspecified atom stereocenters. The molecule has 0 atom stereocenters. The van der Waals surface area contributed by atoms with Gasteiger partial charge >= 0.3 is 0 Å². The predicted octanol–water partition coefficient (Wildman–Crippen LogP) is 11.8. The minimum atomic E-state index is 0.710. The summed E-state index contributed by atoms with van der Waals surface area (Å²) < 4.78 is 6.60. The molecule has 2 heterocycles. The second-order valence-electron chi connectivity index (χ2n) is 12.5. The molecule has 0 aliphatic heterocycles. The summed E-state index contributed by atoms with van der Waals surface area (Å²) in [5, 5.41) is 4.45. The Hall–Kier alpha value is -6.32. The van der Waals surface area contributed by atoms with Gasteiger partial charge in [0.2, 0.25) is 0 Å². The van der Waals surface area contributed by atoms with Crippen LogP contribution in [0.25, 0.3) is 88.9 Å². The zero-order valence-corrected chi connectivity index (χ0v) is 26.0. The Morgan fingerprint density at radius 3 is 1.81 bits per heavy atom. The van der Waals surface area contributed by atoms with Crippen LogP contribution in [0.4, 0.5) is 0 Å². The number of benzene rings is 7. The first-order chi connectivity index (χ1) is 23.8. The van der Waals surface area contributed by atoms with Crippen molar-refractivity contribution in [1.29, 1.82) is 0 Å². The Labute approximate surface area is 277 Å². The molecule has 1 aliphatic rings. The lowest BCUT2D eigenvalue weighted by Crippen LogP contribution is -1.99. The Balaban J connectivity index is 1.16. The van der Waals surface area contributed by atoms with E-state index in [1.165, 1.54) is 33.4 Å². The smallest absolute Gasteiger partial charge is 0.161 e. The average molecular weight is 613 g/mol. The van der Waals surface area contributed by atoms with Crippen LogP contribution in [0.3, 0.4) is 0 Å². The van der Waals surface area contributed by atoms with Gasteiger partial charge in [0.05, 0.1) is 11.4 Å². The van der Waals surface area contributed by atoms with Crippen molar-refractivity contribution in [3.8, 4) is 56.2 Å². The third-order valence-electron chi connectivity index (χ3n) is 9.74. The Kier molecular flexibility index (Phi) is 5.94. The SMILES string of the molecule is c1ccc(-c2ccc(-c3ccc4oc5cc(-c6nc(-c7ccccc7)c7c(n6)-c6ccccc6C7)c6ccccc6c5c4c3)cc2)cc1. The van der Waals surface area contributed by atoms with Gasteiger partial charge in [0.25, 0.3) is 0 Å². The normalized spacial score (nSPS) is 12.1. The molecule has 1 aliphatic carbocycles. The van der Waals surface area contributed by atoms with Crippen molar-refractivity contribution in [2.75, 3.05) is 0 Å². The molecule has 3 nitrogen and oxygen atoms in total. The van der Waals surface area contributed by atoms with E-state index in [9.17, 15) is 0 Å². The van der Waals surface area contributed by atoms with Crippen molar-refractivity contribution in [3.63, 3.8) is 0 Å². The predicted molar refractivity (Wildman–Crippen MR) is 197 cm³/mol. The second-order valence-corrected chi connectivity index (χ2v) is 12.5. The highest BCUT2D eigenvalue weighted by atomic mass is 16.3. The molecule has 0 fully saturated rings. The first-order valence-corrected chi connectivity index (χ1v) is 16.4. The van der Waals surface area contributed by atoms with Crippen molar-refractivity contribution in [2.24, 2.45) is 0 Å². The van der Waals surface area contributed by atoms with Crippen molar-refractivity contribution in [1.82, 2.24) is 9.97 Å². The fraction of sp³-hybridized carbons (Fsp3) is 0.0222. The standard InChI is InChI=1S/C45H28N2O/c1-3-11-28(12-4-1)29-19-21-30(22-20-29)32-23-24-40-38(25-32)42-36-18-10-9-17-35(36)37(27-41(42)48-40)45-46-43(31-13-5-2-6-14-31)39-26-33-15-7-8-16-34(33)44(39)47-45/h1-25,27H,26H2. The van der Waals surface area contributed by atoms with Crippen molar-refractivity contribution in [3.05, 3.63) is 169 Å². The van der Waals surface area contributed by atoms with Crippen molar-refractivity contribution >= 4 is 32.7 Å². The number of nitrogens with zero attached hydrogens (tertiary/aromatic N) is 2. The fourth-order valence-electron chi connectivity index (χ4n) is 7.42. The first kappa shape index (κ1) is 26.9. The van der Waals surface area contributed by atoms with Crippen LogP contribution in [0.1, 0.15) is 11.1 Å². The first-order valence-electron chi connectivity index (χ1n) is 16.4. The molecule has 2 aromatic heterocycles. The Bertz CT molecular complexity index is 2670. The zero-order chi connectivity index (χ0) is 31.6. The van der Waals surface area contributed by atoms with Crippen LogP contribution in [0.5, 0.6) is 0 Å². The van der Waals surface area contributed by atoms with Crippen LogP contribution < -0.4 is 0 Å². The molecule has 0 saturated heterocycles. The number of rotatable bonds is 4. The van der Waals surface area contributed by atoms with Gasteiger partial charge in [0.15, 0.2) is 5.82 Å². The van der Waals surface area contributed by atoms with Gasteiger partial charge < -0.3 is 4.42 Å². The van der Waals surface area contributed by atoms with Crippen LogP contribution in [0.15, 0.2) is 162 Å². The van der Waals surface area contributed by atoms with E-state index in [0.717, 1.165) is 67.2 Å². The molecule has 0 amide bonds. The summed E-state index contributed by atoms with van der Waals surface area (Å²) in [6, 6.07) is 55.6. The third kappa shape index (κ3) is 4.21. The maximum Gasteiger partial charge on any atom is 0.161 e. The minimum absolute atomic E-state index is 0.710. The van der Waals surface area contributed by atoms with E-state index in [1.54, 1.807) is 0 Å². The molecule has 224 valence electrons. The van der Waals surface area contributed by atoms with Crippen LogP contribution in [-0.4, -0.2) is 9.97 Å². The molecule has 0 N–H and O–H groups in total. The summed E-state index contributed by atoms with van der Waals surface area (Å²) in [5.41, 5.74) is 14.2. The second kappa shape index (κ2) is 10.6. The van der Waals surface area contributed by atoms with Gasteiger partial charge in [-0.1, -0.05) is 140 Å². The highest BCUT2D eigenvalue weighted by Gasteiger charge is 2.26. The van der Waals surface area contributed by atoms with Gasteiger partial charge in [0.1, 0.15) is 11.2 Å². The number of fused-ring (bicyclic) bond motifs is 8. The molecule has 0 radical (unpaired) electrons. The molecule has 9 aromatic rings. The summed E-state index contributed by atoms with van der Waals surface area (Å²) in [4.78, 5) is 10.6. The highest BCUT2D eigenvalue weighted by molar-refractivity contribution is 6.22. The van der Waals surface area contributed by atoms with E-state index < -0.39 is 0 Å².